The predicted octanol–water partition coefficient (Wildman–Crippen LogP) is 13.0. The number of allylic oxidation sites excluding steroid dienone is 4. The first-order valence-corrected chi connectivity index (χ1v) is 18.6. The molecule has 48 heavy (non-hydrogen) atoms. The molecule has 0 heterocycles. The minimum absolute atomic E-state index is 0.203. The summed E-state index contributed by atoms with van der Waals surface area (Å²) in [7, 11) is 0. The number of benzene rings is 4. The van der Waals surface area contributed by atoms with Gasteiger partial charge in [-0.2, -0.15) is 6.08 Å². The Morgan fingerprint density at radius 1 is 0.521 bits per heavy atom. The number of rotatable bonds is 2. The molecule has 0 unspecified atom stereocenters. The van der Waals surface area contributed by atoms with E-state index in [0.717, 1.165) is 6.42 Å². The number of hydrogen-bond donors (Lipinski definition) is 0. The molecule has 0 atom stereocenters. The molecule has 0 N–H and O–H groups in total. The second-order valence-corrected chi connectivity index (χ2v) is 18.5. The Morgan fingerprint density at radius 2 is 0.875 bits per heavy atom. The summed E-state index contributed by atoms with van der Waals surface area (Å²) in [5.74, 6) is 0. The zero-order valence-electron chi connectivity index (χ0n) is 31.6. The zero-order chi connectivity index (χ0) is 35.5. The average Bonchev–Trinajstić information content (AvgIpc) is 3.71. The first-order chi connectivity index (χ1) is 22.2. The molecule has 5 aromatic carbocycles. The van der Waals surface area contributed by atoms with E-state index in [1.165, 1.54) is 82.4 Å². The van der Waals surface area contributed by atoms with Gasteiger partial charge in [-0.15, -0.1) is 46.2 Å². The summed E-state index contributed by atoms with van der Waals surface area (Å²) in [5, 5.41) is 5.48. The normalized spacial score (nSPS) is 13.3. The van der Waals surface area contributed by atoms with E-state index in [4.69, 9.17) is 0 Å². The zero-order valence-corrected chi connectivity index (χ0v) is 34.1. The summed E-state index contributed by atoms with van der Waals surface area (Å²) in [5.41, 5.74) is 9.11. The molecule has 1 heteroatoms. The summed E-state index contributed by atoms with van der Waals surface area (Å²) in [6.45, 7) is 27.2. The molecule has 0 saturated carbocycles. The molecule has 0 nitrogen and oxygen atoms in total. The number of fused-ring (bicyclic) bond motifs is 3. The van der Waals surface area contributed by atoms with Crippen LogP contribution >= 0.6 is 0 Å². The predicted molar refractivity (Wildman–Crippen MR) is 210 cm³/mol. The minimum Gasteiger partial charge on any atom is -0.273 e. The summed E-state index contributed by atoms with van der Waals surface area (Å²) in [6.07, 6.45) is 10.0. The fourth-order valence-electron chi connectivity index (χ4n) is 5.74. The third kappa shape index (κ3) is 9.79. The van der Waals surface area contributed by atoms with Crippen LogP contribution in [0.15, 0.2) is 109 Å². The van der Waals surface area contributed by atoms with Gasteiger partial charge in [-0.05, 0) is 10.8 Å². The van der Waals surface area contributed by atoms with Crippen molar-refractivity contribution >= 4 is 24.8 Å². The van der Waals surface area contributed by atoms with Gasteiger partial charge in [0.05, 0.1) is 0 Å². The molecule has 0 aromatic heterocycles. The summed E-state index contributed by atoms with van der Waals surface area (Å²) in [6, 6.07) is 34.3. The van der Waals surface area contributed by atoms with Crippen molar-refractivity contribution in [2.24, 2.45) is 0 Å². The SMILES string of the molecule is CC(C)(C)c1ccc([C](=[Zr+2])c2ccc(C(C)(C)C)cc2)cc1.CC(C)(C)c1ccc2c(c1)[cH-]c1cc(C(C)(C)C)ccc12.[C-]1=CC=CC1. The molecule has 0 amide bonds. The Labute approximate surface area is 307 Å². The molecular formula is C47H56Zr. The van der Waals surface area contributed by atoms with Crippen LogP contribution in [0, 0.1) is 6.08 Å². The number of hydrogen-bond acceptors (Lipinski definition) is 0. The molecule has 5 aromatic rings. The Morgan fingerprint density at radius 3 is 1.15 bits per heavy atom. The van der Waals surface area contributed by atoms with Gasteiger partial charge in [-0.25, -0.2) is 12.2 Å². The van der Waals surface area contributed by atoms with Gasteiger partial charge in [0.15, 0.2) is 0 Å². The second kappa shape index (κ2) is 14.8. The third-order valence-corrected chi connectivity index (χ3v) is 10.5. The van der Waals surface area contributed by atoms with Crippen LogP contribution in [-0.2, 0) is 45.9 Å². The molecule has 0 radical (unpaired) electrons. The molecule has 0 fully saturated rings. The molecule has 0 saturated heterocycles. The van der Waals surface area contributed by atoms with E-state index < -0.39 is 0 Å². The van der Waals surface area contributed by atoms with Crippen molar-refractivity contribution < 1.29 is 24.2 Å². The monoisotopic (exact) mass is 710 g/mol. The van der Waals surface area contributed by atoms with Gasteiger partial charge in [-0.1, -0.05) is 76.9 Å². The van der Waals surface area contributed by atoms with Crippen molar-refractivity contribution in [3.05, 3.63) is 149 Å². The quantitative estimate of drug-likeness (QED) is 0.160. The van der Waals surface area contributed by atoms with E-state index in [1.54, 1.807) is 0 Å². The van der Waals surface area contributed by atoms with Crippen molar-refractivity contribution in [3.63, 3.8) is 0 Å². The maximum atomic E-state index is 2.99. The molecular weight excluding hydrogens is 656 g/mol. The first-order valence-electron chi connectivity index (χ1n) is 17.4. The summed E-state index contributed by atoms with van der Waals surface area (Å²) < 4.78 is 1.42. The fraction of sp³-hybridized carbons (Fsp3) is 0.362. The van der Waals surface area contributed by atoms with E-state index in [-0.39, 0.29) is 21.7 Å². The molecule has 248 valence electrons. The van der Waals surface area contributed by atoms with Gasteiger partial charge in [-0.3, -0.25) is 6.08 Å². The van der Waals surface area contributed by atoms with Gasteiger partial charge in [0.2, 0.25) is 0 Å². The largest absolute Gasteiger partial charge is 0.273 e. The van der Waals surface area contributed by atoms with Crippen molar-refractivity contribution in [1.29, 1.82) is 0 Å². The Balaban J connectivity index is 0.000000189. The van der Waals surface area contributed by atoms with Crippen molar-refractivity contribution in [2.75, 3.05) is 0 Å². The maximum absolute atomic E-state index is 2.99. The second-order valence-electron chi connectivity index (χ2n) is 17.3. The Bertz CT molecular complexity index is 1760. The van der Waals surface area contributed by atoms with E-state index in [9.17, 15) is 0 Å². The average molecular weight is 712 g/mol. The molecule has 0 aliphatic heterocycles. The van der Waals surface area contributed by atoms with E-state index in [2.05, 4.69) is 186 Å². The Kier molecular flexibility index (Phi) is 11.7. The van der Waals surface area contributed by atoms with Gasteiger partial charge >= 0.3 is 151 Å². The topological polar surface area (TPSA) is 0 Å². The van der Waals surface area contributed by atoms with E-state index in [0.29, 0.717) is 0 Å². The van der Waals surface area contributed by atoms with Gasteiger partial charge < -0.3 is 0 Å². The minimum atomic E-state index is 0.203. The molecule has 1 aliphatic carbocycles. The maximum Gasteiger partial charge on any atom is -0.0202 e. The third-order valence-electron chi connectivity index (χ3n) is 9.10. The van der Waals surface area contributed by atoms with Crippen LogP contribution in [0.5, 0.6) is 0 Å². The van der Waals surface area contributed by atoms with Crippen molar-refractivity contribution in [3.8, 4) is 0 Å². The Hall–Kier alpha value is -3.02. The van der Waals surface area contributed by atoms with Gasteiger partial charge in [0.25, 0.3) is 0 Å². The van der Waals surface area contributed by atoms with Crippen molar-refractivity contribution in [1.82, 2.24) is 0 Å². The summed E-state index contributed by atoms with van der Waals surface area (Å²) in [4.78, 5) is 0. The van der Waals surface area contributed by atoms with Crippen LogP contribution in [-0.4, -0.2) is 3.21 Å². The summed E-state index contributed by atoms with van der Waals surface area (Å²) >= 11 is 1.46. The fourth-order valence-corrected chi connectivity index (χ4v) is 6.56. The van der Waals surface area contributed by atoms with Crippen molar-refractivity contribution in [2.45, 2.75) is 111 Å². The van der Waals surface area contributed by atoms with Crippen LogP contribution in [0.3, 0.4) is 0 Å². The molecule has 0 bridgehead atoms. The first kappa shape index (κ1) is 37.8. The van der Waals surface area contributed by atoms with Crippen LogP contribution in [0.2, 0.25) is 0 Å². The van der Waals surface area contributed by atoms with E-state index >= 15 is 0 Å². The van der Waals surface area contributed by atoms with Crippen LogP contribution in [0.1, 0.15) is 123 Å². The van der Waals surface area contributed by atoms with Gasteiger partial charge in [0.1, 0.15) is 0 Å². The molecule has 1 aliphatic rings. The smallest absolute Gasteiger partial charge is 0.0202 e. The van der Waals surface area contributed by atoms with Crippen LogP contribution in [0.25, 0.3) is 21.5 Å². The molecule has 0 spiro atoms. The van der Waals surface area contributed by atoms with Crippen LogP contribution < -0.4 is 0 Å². The standard InChI is InChI=1S/C21H25.C21H26.C5H5.Zr/c1-20(2,3)16-7-9-18-14(12-16)11-15-13-17(21(4,5)6)8-10-19(15)18;1-20(2,3)18-11-7-16(8-12-18)15-17-9-13-19(14-10-17)21(4,5)6;1-2-4-5-3-1;/h7-13H,1-6H3;7-14H,1-6H3;1-3H,4H2;/q-1;;-1;+2. The van der Waals surface area contributed by atoms with E-state index in [1.807, 2.05) is 12.2 Å². The molecule has 6 rings (SSSR count). The van der Waals surface area contributed by atoms with Crippen LogP contribution in [0.4, 0.5) is 0 Å². The van der Waals surface area contributed by atoms with Gasteiger partial charge in [0, 0.05) is 0 Å².